The summed E-state index contributed by atoms with van der Waals surface area (Å²) >= 11 is 6.26. The summed E-state index contributed by atoms with van der Waals surface area (Å²) in [4.78, 5) is 4.44. The highest BCUT2D eigenvalue weighted by Crippen LogP contribution is 2.24. The van der Waals surface area contributed by atoms with Gasteiger partial charge in [-0.05, 0) is 43.3 Å². The number of rotatable bonds is 6. The monoisotopic (exact) mass is 316 g/mol. The highest BCUT2D eigenvalue weighted by atomic mass is 35.5. The molecule has 0 radical (unpaired) electrons. The van der Waals surface area contributed by atoms with E-state index in [0.29, 0.717) is 24.8 Å². The molecular formula is C17H17ClN2O2. The van der Waals surface area contributed by atoms with Crippen LogP contribution < -0.4 is 10.1 Å². The Morgan fingerprint density at radius 3 is 2.91 bits per heavy atom. The molecule has 114 valence electrons. The summed E-state index contributed by atoms with van der Waals surface area (Å²) in [5.74, 6) is 1.73. The smallest absolute Gasteiger partial charge is 0.134 e. The summed E-state index contributed by atoms with van der Waals surface area (Å²) < 4.78 is 10.8. The van der Waals surface area contributed by atoms with E-state index < -0.39 is 0 Å². The maximum absolute atomic E-state index is 6.26. The number of nitrogens with zero attached hydrogens (tertiary/aromatic N) is 1. The molecular weight excluding hydrogens is 300 g/mol. The fourth-order valence-corrected chi connectivity index (χ4v) is 2.50. The summed E-state index contributed by atoms with van der Waals surface area (Å²) in [7, 11) is 0. The van der Waals surface area contributed by atoms with Crippen molar-refractivity contribution >= 4 is 22.5 Å². The second kappa shape index (κ2) is 6.81. The molecule has 1 N–H and O–H groups in total. The van der Waals surface area contributed by atoms with Crippen LogP contribution in [0.5, 0.6) is 5.75 Å². The first-order valence-corrected chi connectivity index (χ1v) is 7.59. The Hall–Kier alpha value is -2.04. The topological polar surface area (TPSA) is 47.3 Å². The van der Waals surface area contributed by atoms with Crippen molar-refractivity contribution in [3.63, 3.8) is 0 Å². The molecule has 4 nitrogen and oxygen atoms in total. The molecule has 2 aromatic heterocycles. The lowest BCUT2D eigenvalue weighted by Gasteiger charge is -2.09. The van der Waals surface area contributed by atoms with Crippen LogP contribution in [-0.4, -0.2) is 11.6 Å². The number of hydrogen-bond acceptors (Lipinski definition) is 4. The number of pyridine rings is 1. The number of halogens is 1. The lowest BCUT2D eigenvalue weighted by Crippen LogP contribution is -2.12. The van der Waals surface area contributed by atoms with Crippen molar-refractivity contribution in [2.45, 2.75) is 20.0 Å². The third-order valence-corrected chi connectivity index (χ3v) is 3.65. The molecule has 2 heterocycles. The average molecular weight is 317 g/mol. The molecule has 0 aliphatic rings. The molecule has 0 saturated heterocycles. The van der Waals surface area contributed by atoms with Crippen LogP contribution in [0.1, 0.15) is 18.2 Å². The molecule has 5 heteroatoms. The lowest BCUT2D eigenvalue weighted by molar-refractivity contribution is 0.340. The summed E-state index contributed by atoms with van der Waals surface area (Å²) in [6.07, 6.45) is 1.66. The second-order valence-electron chi connectivity index (χ2n) is 4.91. The van der Waals surface area contributed by atoms with Gasteiger partial charge in [-0.3, -0.25) is 0 Å². The zero-order chi connectivity index (χ0) is 15.4. The lowest BCUT2D eigenvalue weighted by atomic mass is 10.1. The molecule has 0 unspecified atom stereocenters. The minimum absolute atomic E-state index is 0.517. The van der Waals surface area contributed by atoms with Crippen LogP contribution in [0.4, 0.5) is 0 Å². The molecule has 3 aromatic rings. The maximum atomic E-state index is 6.26. The molecule has 0 spiro atoms. The summed E-state index contributed by atoms with van der Waals surface area (Å²) in [6.45, 7) is 3.89. The Bertz CT molecular complexity index is 757. The van der Waals surface area contributed by atoms with Crippen molar-refractivity contribution in [1.29, 1.82) is 0 Å². The largest absolute Gasteiger partial charge is 0.494 e. The normalized spacial score (nSPS) is 11.0. The van der Waals surface area contributed by atoms with E-state index in [-0.39, 0.29) is 0 Å². The van der Waals surface area contributed by atoms with Crippen molar-refractivity contribution in [1.82, 2.24) is 10.3 Å². The van der Waals surface area contributed by atoms with Gasteiger partial charge in [0.05, 0.1) is 24.9 Å². The van der Waals surface area contributed by atoms with Gasteiger partial charge < -0.3 is 14.5 Å². The van der Waals surface area contributed by atoms with Gasteiger partial charge >= 0.3 is 0 Å². The van der Waals surface area contributed by atoms with Gasteiger partial charge in [0.15, 0.2) is 0 Å². The Balaban J connectivity index is 1.77. The Labute approximate surface area is 134 Å². The quantitative estimate of drug-likeness (QED) is 0.693. The van der Waals surface area contributed by atoms with E-state index in [1.54, 1.807) is 6.26 Å². The standard InChI is InChI=1S/C17H17ClN2O2/c1-2-21-14-5-6-16-12(9-14)8-13(17(18)20-16)10-19-11-15-4-3-7-22-15/h3-9,19H,2,10-11H2,1H3. The molecule has 0 aliphatic heterocycles. The molecule has 0 aliphatic carbocycles. The number of benzene rings is 1. The van der Waals surface area contributed by atoms with E-state index >= 15 is 0 Å². The molecule has 3 rings (SSSR count). The minimum Gasteiger partial charge on any atom is -0.494 e. The van der Waals surface area contributed by atoms with E-state index in [9.17, 15) is 0 Å². The minimum atomic E-state index is 0.517. The van der Waals surface area contributed by atoms with Crippen molar-refractivity contribution in [3.8, 4) is 5.75 Å². The SMILES string of the molecule is CCOc1ccc2nc(Cl)c(CNCc3ccco3)cc2c1. The molecule has 0 amide bonds. The third-order valence-electron chi connectivity index (χ3n) is 3.32. The predicted octanol–water partition coefficient (Wildman–Crippen LogP) is 4.17. The van der Waals surface area contributed by atoms with Crippen molar-refractivity contribution in [3.05, 3.63) is 59.1 Å². The van der Waals surface area contributed by atoms with E-state index in [1.807, 2.05) is 43.3 Å². The van der Waals surface area contributed by atoms with Crippen LogP contribution in [0.15, 0.2) is 47.1 Å². The van der Waals surface area contributed by atoms with E-state index in [1.165, 1.54) is 0 Å². The first-order valence-electron chi connectivity index (χ1n) is 7.21. The molecule has 22 heavy (non-hydrogen) atoms. The molecule has 0 bridgehead atoms. The van der Waals surface area contributed by atoms with E-state index in [4.69, 9.17) is 20.8 Å². The van der Waals surface area contributed by atoms with Crippen LogP contribution >= 0.6 is 11.6 Å². The van der Waals surface area contributed by atoms with Crippen molar-refractivity contribution in [2.75, 3.05) is 6.61 Å². The highest BCUT2D eigenvalue weighted by molar-refractivity contribution is 6.30. The zero-order valence-corrected chi connectivity index (χ0v) is 13.1. The number of furan rings is 1. The zero-order valence-electron chi connectivity index (χ0n) is 12.3. The van der Waals surface area contributed by atoms with E-state index in [0.717, 1.165) is 28.0 Å². The molecule has 0 atom stereocenters. The molecule has 0 fully saturated rings. The Morgan fingerprint density at radius 1 is 1.23 bits per heavy atom. The molecule has 1 aromatic carbocycles. The van der Waals surface area contributed by atoms with Crippen LogP contribution in [-0.2, 0) is 13.1 Å². The molecule has 0 saturated carbocycles. The fraction of sp³-hybridized carbons (Fsp3) is 0.235. The Morgan fingerprint density at radius 2 is 2.14 bits per heavy atom. The summed E-state index contributed by atoms with van der Waals surface area (Å²) in [5, 5.41) is 4.84. The van der Waals surface area contributed by atoms with Crippen LogP contribution in [0, 0.1) is 0 Å². The average Bonchev–Trinajstić information content (AvgIpc) is 3.02. The van der Waals surface area contributed by atoms with Crippen LogP contribution in [0.25, 0.3) is 10.9 Å². The Kier molecular flexibility index (Phi) is 4.61. The van der Waals surface area contributed by atoms with Gasteiger partial charge in [-0.25, -0.2) is 4.98 Å². The summed E-state index contributed by atoms with van der Waals surface area (Å²) in [6, 6.07) is 11.7. The van der Waals surface area contributed by atoms with Gasteiger partial charge in [0.25, 0.3) is 0 Å². The number of aromatic nitrogens is 1. The van der Waals surface area contributed by atoms with Crippen molar-refractivity contribution in [2.24, 2.45) is 0 Å². The van der Waals surface area contributed by atoms with Gasteiger partial charge in [-0.15, -0.1) is 0 Å². The number of nitrogens with one attached hydrogen (secondary N) is 1. The van der Waals surface area contributed by atoms with Crippen molar-refractivity contribution < 1.29 is 9.15 Å². The van der Waals surface area contributed by atoms with Gasteiger partial charge in [0, 0.05) is 17.5 Å². The maximum Gasteiger partial charge on any atom is 0.134 e. The van der Waals surface area contributed by atoms with Gasteiger partial charge in [-0.1, -0.05) is 11.6 Å². The van der Waals surface area contributed by atoms with E-state index in [2.05, 4.69) is 10.3 Å². The highest BCUT2D eigenvalue weighted by Gasteiger charge is 2.06. The van der Waals surface area contributed by atoms with Gasteiger partial charge in [-0.2, -0.15) is 0 Å². The number of hydrogen-bond donors (Lipinski definition) is 1. The van der Waals surface area contributed by atoms with Crippen LogP contribution in [0.2, 0.25) is 5.15 Å². The number of fused-ring (bicyclic) bond motifs is 1. The van der Waals surface area contributed by atoms with Crippen LogP contribution in [0.3, 0.4) is 0 Å². The number of ether oxygens (including phenoxy) is 1. The van der Waals surface area contributed by atoms with Gasteiger partial charge in [0.1, 0.15) is 16.7 Å². The second-order valence-corrected chi connectivity index (χ2v) is 5.27. The third kappa shape index (κ3) is 3.40. The first-order chi connectivity index (χ1) is 10.8. The first kappa shape index (κ1) is 14.9. The predicted molar refractivity (Wildman–Crippen MR) is 87.2 cm³/mol. The summed E-state index contributed by atoms with van der Waals surface area (Å²) in [5.41, 5.74) is 1.82. The van der Waals surface area contributed by atoms with Gasteiger partial charge in [0.2, 0.25) is 0 Å². The fourth-order valence-electron chi connectivity index (χ4n) is 2.29.